The zero-order chi connectivity index (χ0) is 10.6. The van der Waals surface area contributed by atoms with E-state index in [1.165, 1.54) is 0 Å². The molecular formula is C9H18O4S. The molecule has 14 heavy (non-hydrogen) atoms. The average molecular weight is 222 g/mol. The molecule has 0 atom stereocenters. The number of ether oxygens (including phenoxy) is 4. The zero-order valence-electron chi connectivity index (χ0n) is 8.78. The summed E-state index contributed by atoms with van der Waals surface area (Å²) in [5.74, 6) is 0. The largest absolute Gasteiger partial charge is 0.454 e. The van der Waals surface area contributed by atoms with E-state index >= 15 is 0 Å². The minimum Gasteiger partial charge on any atom is -0.454 e. The Bertz CT molecular complexity index is 127. The van der Waals surface area contributed by atoms with Gasteiger partial charge in [-0.1, -0.05) is 0 Å². The van der Waals surface area contributed by atoms with Crippen LogP contribution in [-0.2, 0) is 18.9 Å². The van der Waals surface area contributed by atoms with Gasteiger partial charge in [0, 0.05) is 25.4 Å². The van der Waals surface area contributed by atoms with Crippen molar-refractivity contribution in [2.24, 2.45) is 0 Å². The van der Waals surface area contributed by atoms with Gasteiger partial charge < -0.3 is 18.9 Å². The second kappa shape index (κ2) is 10.7. The van der Waals surface area contributed by atoms with E-state index in [1.54, 1.807) is 0 Å². The van der Waals surface area contributed by atoms with Crippen LogP contribution in [0.5, 0.6) is 0 Å². The lowest BCUT2D eigenvalue weighted by molar-refractivity contribution is 0.0672. The number of hydrogen-bond acceptors (Lipinski definition) is 5. The van der Waals surface area contributed by atoms with Crippen molar-refractivity contribution in [1.82, 2.24) is 0 Å². The van der Waals surface area contributed by atoms with Gasteiger partial charge in [-0.3, -0.25) is 0 Å². The first-order valence-electron chi connectivity index (χ1n) is 4.76. The molecule has 0 heterocycles. The molecule has 0 N–H and O–H groups in total. The molecular weight excluding hydrogens is 204 g/mol. The maximum atomic E-state index is 5.06. The molecule has 0 aliphatic rings. The molecule has 84 valence electrons. The fourth-order valence-corrected chi connectivity index (χ4v) is 0.865. The van der Waals surface area contributed by atoms with E-state index in [2.05, 4.69) is 0 Å². The lowest BCUT2D eigenvalue weighted by atomic mass is 10.7. The third kappa shape index (κ3) is 9.70. The van der Waals surface area contributed by atoms with Gasteiger partial charge in [0.05, 0.1) is 13.2 Å². The van der Waals surface area contributed by atoms with Crippen molar-refractivity contribution in [3.05, 3.63) is 0 Å². The minimum absolute atomic E-state index is 0.157. The highest BCUT2D eigenvalue weighted by molar-refractivity contribution is 7.79. The first-order chi connectivity index (χ1) is 6.81. The molecule has 0 bridgehead atoms. The van der Waals surface area contributed by atoms with Crippen LogP contribution in [0, 0.1) is 0 Å². The molecule has 0 aliphatic carbocycles. The normalized spacial score (nSPS) is 9.86. The lowest BCUT2D eigenvalue weighted by Crippen LogP contribution is -2.14. The Morgan fingerprint density at radius 3 is 1.64 bits per heavy atom. The second-order valence-corrected chi connectivity index (χ2v) is 2.67. The molecule has 4 nitrogen and oxygen atoms in total. The third-order valence-electron chi connectivity index (χ3n) is 1.30. The number of rotatable bonds is 8. The van der Waals surface area contributed by atoms with Gasteiger partial charge in [-0.2, -0.15) is 0 Å². The van der Waals surface area contributed by atoms with E-state index in [4.69, 9.17) is 31.2 Å². The topological polar surface area (TPSA) is 36.9 Å². The Morgan fingerprint density at radius 1 is 0.857 bits per heavy atom. The van der Waals surface area contributed by atoms with Crippen LogP contribution in [0.2, 0.25) is 0 Å². The Morgan fingerprint density at radius 2 is 1.29 bits per heavy atom. The van der Waals surface area contributed by atoms with Gasteiger partial charge in [0.2, 0.25) is 0 Å². The molecule has 0 saturated heterocycles. The smallest absolute Gasteiger partial charge is 0.352 e. The Kier molecular flexibility index (Phi) is 10.4. The van der Waals surface area contributed by atoms with Crippen LogP contribution in [0.15, 0.2) is 0 Å². The van der Waals surface area contributed by atoms with Crippen molar-refractivity contribution in [1.29, 1.82) is 0 Å². The number of hydrogen-bond donors (Lipinski definition) is 0. The number of thiocarbonyl (C=S) groups is 1. The summed E-state index contributed by atoms with van der Waals surface area (Å²) in [6, 6.07) is 0. The molecule has 0 spiro atoms. The molecule has 0 aromatic carbocycles. The van der Waals surface area contributed by atoms with Crippen LogP contribution < -0.4 is 0 Å². The summed E-state index contributed by atoms with van der Waals surface area (Å²) in [7, 11) is 0. The fraction of sp³-hybridized carbons (Fsp3) is 0.889. The molecule has 5 heteroatoms. The van der Waals surface area contributed by atoms with E-state index in [9.17, 15) is 0 Å². The van der Waals surface area contributed by atoms with E-state index in [0.29, 0.717) is 39.6 Å². The first kappa shape index (κ1) is 13.6. The van der Waals surface area contributed by atoms with Crippen LogP contribution in [0.25, 0.3) is 0 Å². The highest BCUT2D eigenvalue weighted by Gasteiger charge is 1.97. The molecule has 0 aromatic heterocycles. The maximum absolute atomic E-state index is 5.06. The molecule has 0 saturated carbocycles. The average Bonchev–Trinajstić information content (AvgIpc) is 2.19. The molecule has 0 amide bonds. The Hall–Kier alpha value is -0.390. The Labute approximate surface area is 90.5 Å². The predicted octanol–water partition coefficient (Wildman–Crippen LogP) is 1.38. The molecule has 0 unspecified atom stereocenters. The van der Waals surface area contributed by atoms with Gasteiger partial charge in [0.25, 0.3) is 0 Å². The minimum atomic E-state index is 0.157. The SMILES string of the molecule is CCOCCOC(=S)OCCOCC. The van der Waals surface area contributed by atoms with Gasteiger partial charge in [0.15, 0.2) is 0 Å². The highest BCUT2D eigenvalue weighted by atomic mass is 32.1. The van der Waals surface area contributed by atoms with E-state index in [-0.39, 0.29) is 5.24 Å². The van der Waals surface area contributed by atoms with Crippen LogP contribution >= 0.6 is 12.2 Å². The summed E-state index contributed by atoms with van der Waals surface area (Å²) in [4.78, 5) is 0. The first-order valence-corrected chi connectivity index (χ1v) is 5.17. The van der Waals surface area contributed by atoms with E-state index in [0.717, 1.165) is 0 Å². The molecule has 0 rings (SSSR count). The van der Waals surface area contributed by atoms with Crippen LogP contribution in [0.3, 0.4) is 0 Å². The van der Waals surface area contributed by atoms with Crippen LogP contribution in [0.1, 0.15) is 13.8 Å². The van der Waals surface area contributed by atoms with E-state index in [1.807, 2.05) is 13.8 Å². The molecule has 0 aromatic rings. The standard InChI is InChI=1S/C9H18O4S/c1-3-10-5-7-12-9(14)13-8-6-11-4-2/h3-8H2,1-2H3. The van der Waals surface area contributed by atoms with Gasteiger partial charge >= 0.3 is 5.24 Å². The summed E-state index contributed by atoms with van der Waals surface area (Å²) in [5, 5.41) is 0.157. The van der Waals surface area contributed by atoms with Crippen molar-refractivity contribution in [2.45, 2.75) is 13.8 Å². The Balaban J connectivity index is 3.11. The van der Waals surface area contributed by atoms with Crippen LogP contribution in [0.4, 0.5) is 0 Å². The highest BCUT2D eigenvalue weighted by Crippen LogP contribution is 1.87. The molecule has 0 radical (unpaired) electrons. The lowest BCUT2D eigenvalue weighted by Gasteiger charge is -2.08. The van der Waals surface area contributed by atoms with Gasteiger partial charge in [-0.05, 0) is 13.8 Å². The molecule has 0 aliphatic heterocycles. The summed E-state index contributed by atoms with van der Waals surface area (Å²) >= 11 is 4.80. The van der Waals surface area contributed by atoms with Crippen molar-refractivity contribution in [3.63, 3.8) is 0 Å². The molecule has 0 fully saturated rings. The second-order valence-electron chi connectivity index (χ2n) is 2.34. The van der Waals surface area contributed by atoms with Crippen molar-refractivity contribution >= 4 is 17.5 Å². The van der Waals surface area contributed by atoms with Crippen molar-refractivity contribution in [3.8, 4) is 0 Å². The quantitative estimate of drug-likeness (QED) is 0.458. The van der Waals surface area contributed by atoms with Gasteiger partial charge in [-0.15, -0.1) is 0 Å². The van der Waals surface area contributed by atoms with Gasteiger partial charge in [-0.25, -0.2) is 0 Å². The van der Waals surface area contributed by atoms with Crippen molar-refractivity contribution < 1.29 is 18.9 Å². The van der Waals surface area contributed by atoms with E-state index < -0.39 is 0 Å². The summed E-state index contributed by atoms with van der Waals surface area (Å²) in [6.07, 6.45) is 0. The predicted molar refractivity (Wildman–Crippen MR) is 57.5 cm³/mol. The van der Waals surface area contributed by atoms with Crippen molar-refractivity contribution in [2.75, 3.05) is 39.6 Å². The summed E-state index contributed by atoms with van der Waals surface area (Å²) < 4.78 is 20.2. The third-order valence-corrected chi connectivity index (χ3v) is 1.54. The monoisotopic (exact) mass is 222 g/mol. The fourth-order valence-electron chi connectivity index (χ4n) is 0.698. The maximum Gasteiger partial charge on any atom is 0.352 e. The summed E-state index contributed by atoms with van der Waals surface area (Å²) in [5.41, 5.74) is 0. The van der Waals surface area contributed by atoms with Crippen LogP contribution in [-0.4, -0.2) is 44.9 Å². The van der Waals surface area contributed by atoms with Gasteiger partial charge in [0.1, 0.15) is 13.2 Å². The zero-order valence-corrected chi connectivity index (χ0v) is 9.60. The summed E-state index contributed by atoms with van der Waals surface area (Å²) in [6.45, 7) is 7.15.